The summed E-state index contributed by atoms with van der Waals surface area (Å²) in [5.41, 5.74) is 21.0. The first kappa shape index (κ1) is 67.9. The van der Waals surface area contributed by atoms with Crippen molar-refractivity contribution in [3.63, 3.8) is 0 Å². The fourth-order valence-electron chi connectivity index (χ4n) is 17.7. The molecule has 16 aromatic rings. The molecule has 3 fully saturated rings. The molecule has 0 unspecified atom stereocenters. The Kier molecular flexibility index (Phi) is 17.3. The van der Waals surface area contributed by atoms with E-state index in [9.17, 15) is 0 Å². The minimum absolute atomic E-state index is 0.149. The van der Waals surface area contributed by atoms with Crippen LogP contribution in [-0.4, -0.2) is 48.2 Å². The van der Waals surface area contributed by atoms with Crippen LogP contribution < -0.4 is 5.46 Å². The fraction of sp³-hybridized carbons (Fsp3) is 0.188. The van der Waals surface area contributed by atoms with Crippen LogP contribution in [0.5, 0.6) is 0 Å². The van der Waals surface area contributed by atoms with E-state index in [-0.39, 0.29) is 29.2 Å². The molecule has 5 aliphatic rings. The molecule has 4 aliphatic carbocycles. The van der Waals surface area contributed by atoms with E-state index in [1.165, 1.54) is 155 Å². The lowest BCUT2D eigenvalue weighted by atomic mass is 9.66. The Morgan fingerprint density at radius 3 is 1.06 bits per heavy atom. The van der Waals surface area contributed by atoms with Gasteiger partial charge in [0.25, 0.3) is 0 Å². The molecule has 108 heavy (non-hydrogen) atoms. The van der Waals surface area contributed by atoms with Gasteiger partial charge in [-0.2, -0.15) is 0 Å². The van der Waals surface area contributed by atoms with E-state index >= 15 is 0 Å². The third kappa shape index (κ3) is 12.0. The quantitative estimate of drug-likeness (QED) is 0.139. The number of thiophene rings is 2. The molecular weight excluding hydrogens is 1380 g/mol. The second kappa shape index (κ2) is 27.6. The number of benzene rings is 12. The fourth-order valence-corrected chi connectivity index (χ4v) is 20.0. The molecule has 0 N–H and O–H groups in total. The van der Waals surface area contributed by atoms with Crippen LogP contribution in [0.2, 0.25) is 5.02 Å². The summed E-state index contributed by atoms with van der Waals surface area (Å²) >= 11 is 9.89. The molecule has 1 saturated heterocycles. The predicted molar refractivity (Wildman–Crippen MR) is 449 cm³/mol. The number of nitrogens with zero attached hydrogens (tertiary/aromatic N) is 6. The smallest absolute Gasteiger partial charge is 0.399 e. The second-order valence-electron chi connectivity index (χ2n) is 30.5. The first-order chi connectivity index (χ1) is 52.8. The monoisotopic (exact) mass is 1460 g/mol. The highest BCUT2D eigenvalue weighted by atomic mass is 35.5. The maximum atomic E-state index is 6.44. The molecule has 0 atom stereocenters. The topological polar surface area (TPSA) is 95.8 Å². The summed E-state index contributed by atoms with van der Waals surface area (Å²) < 4.78 is 17.9. The van der Waals surface area contributed by atoms with Crippen molar-refractivity contribution in [1.29, 1.82) is 0 Å². The standard InChI is InChI=1S/C45H33N3S.C27H16ClN3S.C24H29BO2/c1-4-13-29(14-5-1)42-46-43(30-15-6-2-7-16-30)48-44(47-42)32-22-24-40-36(28-32)35-27-31(21-23-39(35)49-40)33-18-12-20-38-41(33)34-17-8-9-19-37(34)45(38)25-10-3-11-26-45;28-20-12-14-24-22(16-20)21-15-19(11-13-23(21)32-24)27-30-25(17-7-3-1-4-8-17)29-26(31-27)18-9-5-2-6-10-18;1-22(2)23(3,4)27-25(26-22)20-14-10-13-19-21(20)17-11-6-7-12-18(17)24(19)15-8-5-9-16-24/h1-2,4-9,12-24,27-28H,3,10-11,25-26H2;1-16H;6-7,10-14H,5,8-9,15-16H2,1-4H3. The van der Waals surface area contributed by atoms with Crippen molar-refractivity contribution in [3.05, 3.63) is 306 Å². The van der Waals surface area contributed by atoms with Crippen molar-refractivity contribution in [2.24, 2.45) is 0 Å². The molecule has 0 amide bonds. The third-order valence-electron chi connectivity index (χ3n) is 23.7. The van der Waals surface area contributed by atoms with Crippen LogP contribution in [-0.2, 0) is 20.1 Å². The Morgan fingerprint density at radius 2 is 0.620 bits per heavy atom. The van der Waals surface area contributed by atoms with Crippen LogP contribution in [0.4, 0.5) is 0 Å². The van der Waals surface area contributed by atoms with Crippen LogP contribution in [0.3, 0.4) is 0 Å². The van der Waals surface area contributed by atoms with E-state index in [0.717, 1.165) is 49.2 Å². The van der Waals surface area contributed by atoms with Gasteiger partial charge in [-0.3, -0.25) is 0 Å². The van der Waals surface area contributed by atoms with Gasteiger partial charge in [-0.25, -0.2) is 29.9 Å². The van der Waals surface area contributed by atoms with Gasteiger partial charge in [0.2, 0.25) is 0 Å². The van der Waals surface area contributed by atoms with E-state index < -0.39 is 0 Å². The normalized spacial score (nSPS) is 16.0. The molecule has 2 saturated carbocycles. The van der Waals surface area contributed by atoms with Crippen molar-refractivity contribution >= 4 is 87.2 Å². The lowest BCUT2D eigenvalue weighted by Crippen LogP contribution is -2.41. The van der Waals surface area contributed by atoms with Gasteiger partial charge < -0.3 is 9.31 Å². The summed E-state index contributed by atoms with van der Waals surface area (Å²) in [6, 6.07) is 98.6. The van der Waals surface area contributed by atoms with Gasteiger partial charge in [0, 0.05) is 89.6 Å². The van der Waals surface area contributed by atoms with E-state index in [4.69, 9.17) is 50.8 Å². The molecule has 0 bridgehead atoms. The summed E-state index contributed by atoms with van der Waals surface area (Å²) in [6.07, 6.45) is 12.9. The largest absolute Gasteiger partial charge is 0.495 e. The van der Waals surface area contributed by atoms with Crippen LogP contribution >= 0.6 is 34.3 Å². The molecule has 5 heterocycles. The number of hydrogen-bond donors (Lipinski definition) is 0. The third-order valence-corrected chi connectivity index (χ3v) is 26.2. The van der Waals surface area contributed by atoms with Gasteiger partial charge in [-0.1, -0.05) is 262 Å². The van der Waals surface area contributed by atoms with Crippen molar-refractivity contribution in [1.82, 2.24) is 29.9 Å². The lowest BCUT2D eigenvalue weighted by molar-refractivity contribution is 0.00578. The number of hydrogen-bond acceptors (Lipinski definition) is 10. The van der Waals surface area contributed by atoms with E-state index in [0.29, 0.717) is 34.9 Å². The molecule has 0 radical (unpaired) electrons. The molecule has 12 heteroatoms. The molecule has 1 aliphatic heterocycles. The Bertz CT molecular complexity index is 6000. The van der Waals surface area contributed by atoms with Gasteiger partial charge in [-0.05, 0) is 181 Å². The van der Waals surface area contributed by atoms with Gasteiger partial charge in [0.15, 0.2) is 34.9 Å². The minimum Gasteiger partial charge on any atom is -0.399 e. The number of aromatic nitrogens is 6. The highest BCUT2D eigenvalue weighted by Gasteiger charge is 2.54. The van der Waals surface area contributed by atoms with Crippen LogP contribution in [0.25, 0.3) is 142 Å². The van der Waals surface area contributed by atoms with Crippen LogP contribution in [0, 0.1) is 0 Å². The zero-order valence-electron chi connectivity index (χ0n) is 60.9. The van der Waals surface area contributed by atoms with Gasteiger partial charge >= 0.3 is 7.12 Å². The molecule has 526 valence electrons. The summed E-state index contributed by atoms with van der Waals surface area (Å²) in [5, 5.41) is 5.56. The zero-order valence-corrected chi connectivity index (χ0v) is 63.3. The van der Waals surface area contributed by atoms with E-state index in [1.807, 2.05) is 121 Å². The summed E-state index contributed by atoms with van der Waals surface area (Å²) in [6.45, 7) is 8.53. The first-order valence-corrected chi connectivity index (χ1v) is 40.0. The predicted octanol–water partition coefficient (Wildman–Crippen LogP) is 25.2. The Balaban J connectivity index is 0.000000117. The Morgan fingerprint density at radius 1 is 0.296 bits per heavy atom. The molecule has 21 rings (SSSR count). The number of halogens is 1. The molecule has 12 aromatic carbocycles. The zero-order chi connectivity index (χ0) is 72.7. The molecular formula is C96H78BClN6O2S2. The first-order valence-electron chi connectivity index (χ1n) is 38.0. The van der Waals surface area contributed by atoms with Crippen molar-refractivity contribution in [2.45, 2.75) is 114 Å². The Labute approximate surface area is 643 Å². The van der Waals surface area contributed by atoms with E-state index in [1.54, 1.807) is 11.3 Å². The summed E-state index contributed by atoms with van der Waals surface area (Å²) in [5.74, 6) is 4.01. The lowest BCUT2D eigenvalue weighted by Gasteiger charge is -2.36. The molecule has 8 nitrogen and oxygen atoms in total. The van der Waals surface area contributed by atoms with Crippen molar-refractivity contribution < 1.29 is 9.31 Å². The van der Waals surface area contributed by atoms with Gasteiger partial charge in [0.05, 0.1) is 11.2 Å². The average Bonchev–Trinajstić information content (AvgIpc) is 1.53. The maximum Gasteiger partial charge on any atom is 0.495 e. The van der Waals surface area contributed by atoms with Crippen LogP contribution in [0.1, 0.15) is 114 Å². The highest BCUT2D eigenvalue weighted by molar-refractivity contribution is 7.26. The Hall–Kier alpha value is -10.6. The summed E-state index contributed by atoms with van der Waals surface area (Å²) in [4.78, 5) is 29.4. The minimum atomic E-state index is -0.318. The number of fused-ring (bicyclic) bond motifs is 16. The molecule has 4 aromatic heterocycles. The number of rotatable bonds is 8. The van der Waals surface area contributed by atoms with E-state index in [2.05, 4.69) is 198 Å². The van der Waals surface area contributed by atoms with Crippen molar-refractivity contribution in [2.75, 3.05) is 0 Å². The SMILES string of the molecule is CC1(C)OB(c2cccc3c2-c2ccccc2C32CCCCC2)OC1(C)C.Clc1ccc2sc3ccc(-c4nc(-c5ccccc5)nc(-c5ccccc5)n4)cc3c2c1.c1ccc(-c2nc(-c3ccccc3)nc(-c3ccc4sc5ccc(-c6cccc7c6-c6ccccc6C76CCCCC6)cc5c4c3)n2)cc1. The average molecular weight is 1460 g/mol. The highest BCUT2D eigenvalue weighted by Crippen LogP contribution is 2.59. The maximum absolute atomic E-state index is 6.44. The molecule has 2 spiro atoms. The van der Waals surface area contributed by atoms with Crippen molar-refractivity contribution in [3.8, 4) is 102 Å². The second-order valence-corrected chi connectivity index (χ2v) is 33.1. The van der Waals surface area contributed by atoms with Crippen LogP contribution in [0.15, 0.2) is 279 Å². The summed E-state index contributed by atoms with van der Waals surface area (Å²) in [7, 11) is -0.309. The van der Waals surface area contributed by atoms with Gasteiger partial charge in [0.1, 0.15) is 0 Å². The van der Waals surface area contributed by atoms with Gasteiger partial charge in [-0.15, -0.1) is 22.7 Å².